The van der Waals surface area contributed by atoms with Crippen LogP contribution in [0.5, 0.6) is 0 Å². The maximum absolute atomic E-state index is 12.8. The van der Waals surface area contributed by atoms with Crippen LogP contribution >= 0.6 is 23.2 Å². The third-order valence-corrected chi connectivity index (χ3v) is 4.06. The molecule has 132 valence electrons. The average molecular weight is 381 g/mol. The number of esters is 1. The zero-order valence-electron chi connectivity index (χ0n) is 14.3. The summed E-state index contributed by atoms with van der Waals surface area (Å²) in [5.41, 5.74) is 5.95. The first-order valence-corrected chi connectivity index (χ1v) is 8.27. The second-order valence-electron chi connectivity index (χ2n) is 6.56. The van der Waals surface area contributed by atoms with Crippen molar-refractivity contribution in [3.05, 3.63) is 56.6 Å². The quantitative estimate of drug-likeness (QED) is 0.767. The van der Waals surface area contributed by atoms with Gasteiger partial charge in [-0.05, 0) is 45.4 Å². The van der Waals surface area contributed by atoms with E-state index in [0.29, 0.717) is 15.6 Å². The molecule has 0 fully saturated rings. The molecule has 0 aromatic heterocycles. The molecule has 0 saturated carbocycles. The number of nitrogens with zero attached hydrogens (tertiary/aromatic N) is 1. The normalized spacial score (nSPS) is 17.9. The van der Waals surface area contributed by atoms with E-state index in [1.54, 1.807) is 45.9 Å². The lowest BCUT2D eigenvalue weighted by atomic mass is 9.83. The van der Waals surface area contributed by atoms with Gasteiger partial charge in [0.1, 0.15) is 23.0 Å². The molecule has 1 aliphatic rings. The molecule has 0 saturated heterocycles. The van der Waals surface area contributed by atoms with E-state index in [2.05, 4.69) is 0 Å². The Bertz CT molecular complexity index is 830. The van der Waals surface area contributed by atoms with Gasteiger partial charge in [-0.3, -0.25) is 0 Å². The summed E-state index contributed by atoms with van der Waals surface area (Å²) in [5, 5.41) is 10.3. The monoisotopic (exact) mass is 380 g/mol. The van der Waals surface area contributed by atoms with Crippen LogP contribution in [0.3, 0.4) is 0 Å². The summed E-state index contributed by atoms with van der Waals surface area (Å²) >= 11 is 12.3. The molecule has 0 unspecified atom stereocenters. The third kappa shape index (κ3) is 4.09. The first kappa shape index (κ1) is 19.2. The van der Waals surface area contributed by atoms with Crippen LogP contribution in [0, 0.1) is 11.3 Å². The molecule has 2 rings (SSSR count). The Morgan fingerprint density at radius 1 is 1.36 bits per heavy atom. The Morgan fingerprint density at radius 3 is 2.52 bits per heavy atom. The number of benzene rings is 1. The largest absolute Gasteiger partial charge is 0.456 e. The molecule has 1 aromatic rings. The first-order valence-electron chi connectivity index (χ1n) is 7.51. The van der Waals surface area contributed by atoms with Crippen LogP contribution in [0.15, 0.2) is 41.0 Å². The van der Waals surface area contributed by atoms with Crippen LogP contribution < -0.4 is 5.73 Å². The highest BCUT2D eigenvalue weighted by Gasteiger charge is 2.38. The number of hydrogen-bond donors (Lipinski definition) is 1. The zero-order chi connectivity index (χ0) is 18.9. The number of nitriles is 1. The number of rotatable bonds is 2. The fourth-order valence-electron chi connectivity index (χ4n) is 2.53. The van der Waals surface area contributed by atoms with Crippen LogP contribution in [-0.4, -0.2) is 11.6 Å². The molecular weight excluding hydrogens is 363 g/mol. The van der Waals surface area contributed by atoms with Crippen LogP contribution in [0.2, 0.25) is 10.0 Å². The van der Waals surface area contributed by atoms with Gasteiger partial charge in [0.15, 0.2) is 0 Å². The molecular formula is C18H18Cl2N2O3. The average Bonchev–Trinajstić information content (AvgIpc) is 2.44. The summed E-state index contributed by atoms with van der Waals surface area (Å²) in [6.07, 6.45) is 0. The summed E-state index contributed by atoms with van der Waals surface area (Å²) in [6, 6.07) is 6.84. The van der Waals surface area contributed by atoms with E-state index in [9.17, 15) is 10.1 Å². The SMILES string of the molecule is CC1=C(C(=O)OC(C)(C)C)[C@H](c2ccc(Cl)cc2Cl)C(C#N)=C(N)O1. The molecule has 1 aromatic carbocycles. The van der Waals surface area contributed by atoms with Gasteiger partial charge in [0, 0.05) is 10.0 Å². The number of ether oxygens (including phenoxy) is 2. The highest BCUT2D eigenvalue weighted by molar-refractivity contribution is 6.35. The van der Waals surface area contributed by atoms with Crippen molar-refractivity contribution < 1.29 is 14.3 Å². The number of hydrogen-bond acceptors (Lipinski definition) is 5. The first-order chi connectivity index (χ1) is 11.5. The second kappa shape index (κ2) is 6.99. The van der Waals surface area contributed by atoms with Crippen LogP contribution in [0.25, 0.3) is 0 Å². The molecule has 0 aliphatic carbocycles. The van der Waals surface area contributed by atoms with E-state index in [-0.39, 0.29) is 22.8 Å². The van der Waals surface area contributed by atoms with Gasteiger partial charge in [-0.1, -0.05) is 29.3 Å². The van der Waals surface area contributed by atoms with Gasteiger partial charge in [-0.25, -0.2) is 4.79 Å². The number of allylic oxidation sites excluding steroid dienone is 2. The van der Waals surface area contributed by atoms with Crippen molar-refractivity contribution in [3.8, 4) is 6.07 Å². The maximum atomic E-state index is 12.8. The number of nitrogens with two attached hydrogens (primary N) is 1. The molecule has 1 heterocycles. The van der Waals surface area contributed by atoms with Crippen molar-refractivity contribution in [2.24, 2.45) is 5.73 Å². The third-order valence-electron chi connectivity index (χ3n) is 3.50. The van der Waals surface area contributed by atoms with E-state index in [1.807, 2.05) is 6.07 Å². The Kier molecular flexibility index (Phi) is 5.36. The smallest absolute Gasteiger partial charge is 0.338 e. The van der Waals surface area contributed by atoms with Gasteiger partial charge in [0.05, 0.1) is 11.5 Å². The van der Waals surface area contributed by atoms with Gasteiger partial charge in [0.25, 0.3) is 0 Å². The summed E-state index contributed by atoms with van der Waals surface area (Å²) in [6.45, 7) is 6.86. The fraction of sp³-hybridized carbons (Fsp3) is 0.333. The Labute approximate surface area is 156 Å². The predicted octanol–water partition coefficient (Wildman–Crippen LogP) is 4.42. The highest BCUT2D eigenvalue weighted by Crippen LogP contribution is 2.42. The Morgan fingerprint density at radius 2 is 2.00 bits per heavy atom. The van der Waals surface area contributed by atoms with E-state index in [1.165, 1.54) is 0 Å². The summed E-state index contributed by atoms with van der Waals surface area (Å²) in [7, 11) is 0. The standard InChI is InChI=1S/C18H18Cl2N2O3/c1-9-14(17(23)25-18(2,3)4)15(12(8-21)16(22)24-9)11-6-5-10(19)7-13(11)20/h5-7,15H,22H2,1-4H3/t15-/m1/s1. The molecule has 25 heavy (non-hydrogen) atoms. The maximum Gasteiger partial charge on any atom is 0.338 e. The number of halogens is 2. The predicted molar refractivity (Wildman–Crippen MR) is 95.7 cm³/mol. The van der Waals surface area contributed by atoms with Gasteiger partial charge >= 0.3 is 5.97 Å². The molecule has 1 aliphatic heterocycles. The molecule has 5 nitrogen and oxygen atoms in total. The zero-order valence-corrected chi connectivity index (χ0v) is 15.8. The van der Waals surface area contributed by atoms with Crippen molar-refractivity contribution in [3.63, 3.8) is 0 Å². The van der Waals surface area contributed by atoms with Crippen molar-refractivity contribution in [2.45, 2.75) is 39.2 Å². The van der Waals surface area contributed by atoms with E-state index in [0.717, 1.165) is 0 Å². The van der Waals surface area contributed by atoms with E-state index < -0.39 is 17.5 Å². The van der Waals surface area contributed by atoms with Crippen LogP contribution in [0.1, 0.15) is 39.2 Å². The van der Waals surface area contributed by atoms with Crippen molar-refractivity contribution in [1.82, 2.24) is 0 Å². The minimum absolute atomic E-state index is 0.0664. The lowest BCUT2D eigenvalue weighted by Gasteiger charge is -2.29. The van der Waals surface area contributed by atoms with Gasteiger partial charge < -0.3 is 15.2 Å². The number of carbonyl (C=O) groups is 1. The lowest BCUT2D eigenvalue weighted by Crippen LogP contribution is -2.30. The molecule has 0 radical (unpaired) electrons. The summed E-state index contributed by atoms with van der Waals surface area (Å²) in [4.78, 5) is 12.8. The van der Waals surface area contributed by atoms with Crippen molar-refractivity contribution in [1.29, 1.82) is 5.26 Å². The van der Waals surface area contributed by atoms with Crippen LogP contribution in [0.4, 0.5) is 0 Å². The highest BCUT2D eigenvalue weighted by atomic mass is 35.5. The minimum Gasteiger partial charge on any atom is -0.456 e. The minimum atomic E-state index is -0.793. The van der Waals surface area contributed by atoms with Gasteiger partial charge in [0.2, 0.25) is 5.88 Å². The lowest BCUT2D eigenvalue weighted by molar-refractivity contribution is -0.150. The second-order valence-corrected chi connectivity index (χ2v) is 7.41. The van der Waals surface area contributed by atoms with Gasteiger partial charge in [-0.15, -0.1) is 0 Å². The van der Waals surface area contributed by atoms with Crippen molar-refractivity contribution in [2.75, 3.05) is 0 Å². The molecule has 1 atom stereocenters. The van der Waals surface area contributed by atoms with Gasteiger partial charge in [-0.2, -0.15) is 5.26 Å². The van der Waals surface area contributed by atoms with Crippen LogP contribution in [-0.2, 0) is 14.3 Å². The fourth-order valence-corrected chi connectivity index (χ4v) is 3.04. The Balaban J connectivity index is 2.64. The summed E-state index contributed by atoms with van der Waals surface area (Å²) < 4.78 is 10.9. The Hall–Kier alpha value is -2.16. The van der Waals surface area contributed by atoms with Crippen molar-refractivity contribution >= 4 is 29.2 Å². The molecule has 0 amide bonds. The molecule has 0 bridgehead atoms. The van der Waals surface area contributed by atoms with E-state index >= 15 is 0 Å². The molecule has 0 spiro atoms. The van der Waals surface area contributed by atoms with E-state index in [4.69, 9.17) is 38.4 Å². The molecule has 7 heteroatoms. The summed E-state index contributed by atoms with van der Waals surface area (Å²) in [5.74, 6) is -1.19. The topological polar surface area (TPSA) is 85.3 Å². The molecule has 2 N–H and O–H groups in total. The number of carbonyl (C=O) groups excluding carboxylic acids is 1.